The van der Waals surface area contributed by atoms with E-state index in [2.05, 4.69) is 11.2 Å². The molecule has 36 heavy (non-hydrogen) atoms. The standard InChI is InChI=1S/C26H23ClN4O3S2/c1-3-30(15-7-14-28)26(32)21-17-23(31(29-21)22-11-5-4-10-20(22)27)25-13-12-24(35-25)18-8-6-9-19(16-18)36(2,33)34/h4-6,8-13,16-17H,3,7,15H2,1-2H3. The molecule has 10 heteroatoms. The van der Waals surface area contributed by atoms with Crippen LogP contribution in [0.4, 0.5) is 0 Å². The normalized spacial score (nSPS) is 11.3. The van der Waals surface area contributed by atoms with Crippen LogP contribution in [0.25, 0.3) is 26.7 Å². The molecule has 184 valence electrons. The Balaban J connectivity index is 1.80. The summed E-state index contributed by atoms with van der Waals surface area (Å²) in [6, 6.07) is 21.7. The van der Waals surface area contributed by atoms with Crippen molar-refractivity contribution in [3.05, 3.63) is 77.4 Å². The highest BCUT2D eigenvalue weighted by molar-refractivity contribution is 7.90. The summed E-state index contributed by atoms with van der Waals surface area (Å²) in [7, 11) is -3.34. The molecule has 0 fully saturated rings. The molecule has 0 radical (unpaired) electrons. The molecule has 2 heterocycles. The van der Waals surface area contributed by atoms with Crippen LogP contribution in [0.1, 0.15) is 23.8 Å². The number of rotatable bonds is 8. The molecule has 2 aromatic carbocycles. The average molecular weight is 539 g/mol. The highest BCUT2D eigenvalue weighted by Gasteiger charge is 2.22. The third-order valence-electron chi connectivity index (χ3n) is 5.58. The second-order valence-electron chi connectivity index (χ2n) is 8.03. The van der Waals surface area contributed by atoms with Gasteiger partial charge in [0, 0.05) is 24.2 Å². The van der Waals surface area contributed by atoms with Gasteiger partial charge in [0.2, 0.25) is 0 Å². The van der Waals surface area contributed by atoms with Crippen LogP contribution in [0.3, 0.4) is 0 Å². The van der Waals surface area contributed by atoms with E-state index in [1.807, 2.05) is 43.3 Å². The van der Waals surface area contributed by atoms with E-state index in [9.17, 15) is 13.2 Å². The number of sulfone groups is 1. The predicted molar refractivity (Wildman–Crippen MR) is 142 cm³/mol. The third-order valence-corrected chi connectivity index (χ3v) is 8.16. The van der Waals surface area contributed by atoms with Gasteiger partial charge in [-0.1, -0.05) is 35.9 Å². The van der Waals surface area contributed by atoms with Gasteiger partial charge in [-0.2, -0.15) is 10.4 Å². The first-order valence-electron chi connectivity index (χ1n) is 11.1. The monoisotopic (exact) mass is 538 g/mol. The van der Waals surface area contributed by atoms with Crippen LogP contribution >= 0.6 is 22.9 Å². The first-order valence-corrected chi connectivity index (χ1v) is 14.2. The Kier molecular flexibility index (Phi) is 7.59. The first-order chi connectivity index (χ1) is 17.2. The van der Waals surface area contributed by atoms with Gasteiger partial charge in [0.05, 0.1) is 38.7 Å². The second-order valence-corrected chi connectivity index (χ2v) is 11.5. The Morgan fingerprint density at radius 3 is 2.56 bits per heavy atom. The van der Waals surface area contributed by atoms with E-state index in [-0.39, 0.29) is 22.9 Å². The number of hydrogen-bond donors (Lipinski definition) is 0. The Hall–Kier alpha value is -3.45. The smallest absolute Gasteiger partial charge is 0.274 e. The van der Waals surface area contributed by atoms with Crippen LogP contribution in [-0.2, 0) is 9.84 Å². The number of para-hydroxylation sites is 1. The summed E-state index contributed by atoms with van der Waals surface area (Å²) in [5.41, 5.74) is 2.34. The van der Waals surface area contributed by atoms with Gasteiger partial charge >= 0.3 is 0 Å². The molecule has 1 amide bonds. The van der Waals surface area contributed by atoms with Crippen LogP contribution in [-0.4, -0.2) is 48.4 Å². The summed E-state index contributed by atoms with van der Waals surface area (Å²) >= 11 is 7.94. The average Bonchev–Trinajstić information content (AvgIpc) is 3.52. The number of nitriles is 1. The van der Waals surface area contributed by atoms with Gasteiger partial charge in [-0.05, 0) is 55.0 Å². The van der Waals surface area contributed by atoms with Gasteiger partial charge in [-0.3, -0.25) is 4.79 Å². The van der Waals surface area contributed by atoms with E-state index in [1.54, 1.807) is 39.9 Å². The molecule has 0 aliphatic carbocycles. The summed E-state index contributed by atoms with van der Waals surface area (Å²) in [5.74, 6) is -0.266. The highest BCUT2D eigenvalue weighted by Crippen LogP contribution is 2.37. The molecule has 2 aromatic heterocycles. The number of halogens is 1. The third kappa shape index (κ3) is 5.36. The van der Waals surface area contributed by atoms with Crippen molar-refractivity contribution in [1.82, 2.24) is 14.7 Å². The van der Waals surface area contributed by atoms with Crippen molar-refractivity contribution in [2.24, 2.45) is 0 Å². The van der Waals surface area contributed by atoms with Crippen LogP contribution in [0, 0.1) is 11.3 Å². The molecule has 7 nitrogen and oxygen atoms in total. The fourth-order valence-electron chi connectivity index (χ4n) is 3.73. The molecule has 4 aromatic rings. The van der Waals surface area contributed by atoms with Crippen LogP contribution in [0.2, 0.25) is 5.02 Å². The first kappa shape index (κ1) is 25.6. The van der Waals surface area contributed by atoms with E-state index >= 15 is 0 Å². The van der Waals surface area contributed by atoms with Crippen molar-refractivity contribution < 1.29 is 13.2 Å². The molecule has 0 spiro atoms. The maximum absolute atomic E-state index is 13.2. The minimum absolute atomic E-state index is 0.235. The minimum atomic E-state index is -3.34. The lowest BCUT2D eigenvalue weighted by Crippen LogP contribution is -2.32. The van der Waals surface area contributed by atoms with Gasteiger partial charge in [-0.15, -0.1) is 11.3 Å². The summed E-state index contributed by atoms with van der Waals surface area (Å²) < 4.78 is 25.7. The Bertz CT molecular complexity index is 1570. The fraction of sp³-hybridized carbons (Fsp3) is 0.192. The number of carbonyl (C=O) groups excluding carboxylic acids is 1. The molecule has 0 aliphatic rings. The summed E-state index contributed by atoms with van der Waals surface area (Å²) in [5, 5.41) is 14.0. The summed E-state index contributed by atoms with van der Waals surface area (Å²) in [4.78, 5) is 16.8. The number of thiophene rings is 1. The number of benzene rings is 2. The number of carbonyl (C=O) groups is 1. The molecule has 0 atom stereocenters. The molecule has 0 N–H and O–H groups in total. The maximum atomic E-state index is 13.2. The van der Waals surface area contributed by atoms with E-state index in [1.165, 1.54) is 17.6 Å². The Morgan fingerprint density at radius 1 is 1.11 bits per heavy atom. The molecule has 0 saturated heterocycles. The van der Waals surface area contributed by atoms with Gasteiger partial charge in [0.15, 0.2) is 15.5 Å². The van der Waals surface area contributed by atoms with Gasteiger partial charge < -0.3 is 4.90 Å². The van der Waals surface area contributed by atoms with Crippen LogP contribution < -0.4 is 0 Å². The molecular weight excluding hydrogens is 516 g/mol. The van der Waals surface area contributed by atoms with Crippen LogP contribution in [0.15, 0.2) is 71.6 Å². The number of aromatic nitrogens is 2. The van der Waals surface area contributed by atoms with Crippen molar-refractivity contribution in [2.75, 3.05) is 19.3 Å². The van der Waals surface area contributed by atoms with Gasteiger partial charge in [0.25, 0.3) is 5.91 Å². The lowest BCUT2D eigenvalue weighted by molar-refractivity contribution is 0.0761. The summed E-state index contributed by atoms with van der Waals surface area (Å²) in [6.45, 7) is 2.63. The van der Waals surface area contributed by atoms with Crippen molar-refractivity contribution in [1.29, 1.82) is 5.26 Å². The van der Waals surface area contributed by atoms with Crippen LogP contribution in [0.5, 0.6) is 0 Å². The fourth-order valence-corrected chi connectivity index (χ4v) is 5.62. The quantitative estimate of drug-likeness (QED) is 0.286. The Morgan fingerprint density at radius 2 is 1.86 bits per heavy atom. The lowest BCUT2D eigenvalue weighted by atomic mass is 10.2. The van der Waals surface area contributed by atoms with E-state index in [4.69, 9.17) is 16.9 Å². The zero-order chi connectivity index (χ0) is 25.9. The second kappa shape index (κ2) is 10.7. The van der Waals surface area contributed by atoms with Gasteiger partial charge in [0.1, 0.15) is 0 Å². The number of amides is 1. The zero-order valence-corrected chi connectivity index (χ0v) is 22.1. The molecule has 0 aliphatic heterocycles. The lowest BCUT2D eigenvalue weighted by Gasteiger charge is -2.17. The zero-order valence-electron chi connectivity index (χ0n) is 19.7. The van der Waals surface area contributed by atoms with E-state index < -0.39 is 9.84 Å². The summed E-state index contributed by atoms with van der Waals surface area (Å²) in [6.07, 6.45) is 1.42. The molecule has 0 bridgehead atoms. The van der Waals surface area contributed by atoms with E-state index in [0.717, 1.165) is 15.3 Å². The van der Waals surface area contributed by atoms with Crippen molar-refractivity contribution >= 4 is 38.7 Å². The Labute approximate surface area is 219 Å². The van der Waals surface area contributed by atoms with Crippen molar-refractivity contribution in [3.63, 3.8) is 0 Å². The van der Waals surface area contributed by atoms with E-state index in [0.29, 0.717) is 29.5 Å². The topological polar surface area (TPSA) is 96.1 Å². The maximum Gasteiger partial charge on any atom is 0.274 e. The van der Waals surface area contributed by atoms with Crippen molar-refractivity contribution in [3.8, 4) is 32.8 Å². The number of hydrogen-bond acceptors (Lipinski definition) is 6. The molecule has 4 rings (SSSR count). The minimum Gasteiger partial charge on any atom is -0.336 e. The molecule has 0 saturated carbocycles. The number of nitrogens with zero attached hydrogens (tertiary/aromatic N) is 4. The van der Waals surface area contributed by atoms with Gasteiger partial charge in [-0.25, -0.2) is 13.1 Å². The SMILES string of the molecule is CCN(CCC#N)C(=O)c1cc(-c2ccc(-c3cccc(S(C)(=O)=O)c3)s2)n(-c2ccccc2Cl)n1. The predicted octanol–water partition coefficient (Wildman–Crippen LogP) is 5.70. The highest BCUT2D eigenvalue weighted by atomic mass is 35.5. The largest absolute Gasteiger partial charge is 0.336 e. The molecular formula is C26H23ClN4O3S2. The molecule has 0 unspecified atom stereocenters. The van der Waals surface area contributed by atoms with Crippen molar-refractivity contribution in [2.45, 2.75) is 18.2 Å².